The lowest BCUT2D eigenvalue weighted by Crippen LogP contribution is -2.41. The van der Waals surface area contributed by atoms with E-state index in [9.17, 15) is 14.4 Å². The fourth-order valence-electron chi connectivity index (χ4n) is 3.48. The lowest BCUT2D eigenvalue weighted by atomic mass is 10.0. The molecule has 0 radical (unpaired) electrons. The first kappa shape index (κ1) is 18.9. The fourth-order valence-corrected chi connectivity index (χ4v) is 3.48. The summed E-state index contributed by atoms with van der Waals surface area (Å²) in [6.45, 7) is 1.98. The van der Waals surface area contributed by atoms with Crippen molar-refractivity contribution in [1.82, 2.24) is 9.47 Å². The molecule has 4 rings (SSSR count). The highest BCUT2D eigenvalue weighted by molar-refractivity contribution is 6.13. The number of morpholine rings is 1. The molecule has 2 aromatic carbocycles. The number of ether oxygens (including phenoxy) is 1. The van der Waals surface area contributed by atoms with Crippen LogP contribution in [-0.2, 0) is 11.8 Å². The number of carbonyl (C=O) groups is 2. The molecule has 1 aromatic heterocycles. The number of pyridine rings is 1. The second-order valence-corrected chi connectivity index (χ2v) is 6.94. The molecule has 0 aliphatic carbocycles. The number of nitrogens with zero attached hydrogens (tertiary/aromatic N) is 2. The van der Waals surface area contributed by atoms with Crippen molar-refractivity contribution in [2.24, 2.45) is 7.05 Å². The van der Waals surface area contributed by atoms with Crippen LogP contribution in [0.4, 0.5) is 5.69 Å². The Bertz CT molecular complexity index is 1140. The second-order valence-electron chi connectivity index (χ2n) is 6.94. The minimum Gasteiger partial charge on any atom is -0.378 e. The number of hydrogen-bond donors (Lipinski definition) is 1. The molecule has 0 bridgehead atoms. The highest BCUT2D eigenvalue weighted by Crippen LogP contribution is 2.20. The van der Waals surface area contributed by atoms with Gasteiger partial charge in [0.1, 0.15) is 5.69 Å². The predicted molar refractivity (Wildman–Crippen MR) is 110 cm³/mol. The van der Waals surface area contributed by atoms with E-state index in [1.165, 1.54) is 16.8 Å². The number of anilines is 1. The largest absolute Gasteiger partial charge is 0.378 e. The number of nitrogens with one attached hydrogen (secondary N) is 1. The zero-order valence-corrected chi connectivity index (χ0v) is 16.1. The van der Waals surface area contributed by atoms with Gasteiger partial charge in [0.05, 0.1) is 18.8 Å². The number of benzene rings is 2. The predicted octanol–water partition coefficient (Wildman–Crippen LogP) is 2.26. The van der Waals surface area contributed by atoms with Crippen molar-refractivity contribution in [2.75, 3.05) is 31.6 Å². The van der Waals surface area contributed by atoms with Crippen LogP contribution >= 0.6 is 0 Å². The quantitative estimate of drug-likeness (QED) is 0.743. The average Bonchev–Trinajstić information content (AvgIpc) is 2.76. The van der Waals surface area contributed by atoms with Crippen molar-refractivity contribution in [1.29, 1.82) is 0 Å². The molecule has 1 aliphatic heterocycles. The lowest BCUT2D eigenvalue weighted by Gasteiger charge is -2.27. The summed E-state index contributed by atoms with van der Waals surface area (Å²) in [6, 6.07) is 14.4. The molecule has 3 aromatic rings. The molecule has 29 heavy (non-hydrogen) atoms. The fraction of sp³-hybridized carbons (Fsp3) is 0.227. The summed E-state index contributed by atoms with van der Waals surface area (Å²) >= 11 is 0. The van der Waals surface area contributed by atoms with Crippen LogP contribution in [0.25, 0.3) is 10.8 Å². The summed E-state index contributed by atoms with van der Waals surface area (Å²) in [4.78, 5) is 39.9. The molecule has 2 amide bonds. The van der Waals surface area contributed by atoms with Crippen LogP contribution in [0.2, 0.25) is 0 Å². The second kappa shape index (κ2) is 7.89. The molecular formula is C22H21N3O4. The highest BCUT2D eigenvalue weighted by Gasteiger charge is 2.21. The van der Waals surface area contributed by atoms with Crippen LogP contribution in [0, 0.1) is 0 Å². The van der Waals surface area contributed by atoms with E-state index in [0.717, 1.165) is 10.8 Å². The zero-order chi connectivity index (χ0) is 20.4. The van der Waals surface area contributed by atoms with Crippen molar-refractivity contribution in [3.63, 3.8) is 0 Å². The first-order valence-electron chi connectivity index (χ1n) is 9.41. The van der Waals surface area contributed by atoms with E-state index in [-0.39, 0.29) is 17.2 Å². The summed E-state index contributed by atoms with van der Waals surface area (Å²) in [5, 5.41) is 4.42. The van der Waals surface area contributed by atoms with Gasteiger partial charge in [0.25, 0.3) is 17.4 Å². The molecule has 1 fully saturated rings. The normalized spacial score (nSPS) is 14.0. The third kappa shape index (κ3) is 3.77. The molecule has 0 atom stereocenters. The molecule has 7 nitrogen and oxygen atoms in total. The van der Waals surface area contributed by atoms with Crippen molar-refractivity contribution >= 4 is 28.3 Å². The number of hydrogen-bond acceptors (Lipinski definition) is 4. The monoisotopic (exact) mass is 391 g/mol. The third-order valence-corrected chi connectivity index (χ3v) is 5.01. The maximum atomic E-state index is 12.9. The number of amides is 2. The number of rotatable bonds is 3. The summed E-state index contributed by atoms with van der Waals surface area (Å²) in [7, 11) is 1.56. The topological polar surface area (TPSA) is 80.6 Å². The molecule has 148 valence electrons. The Morgan fingerprint density at radius 2 is 1.76 bits per heavy atom. The van der Waals surface area contributed by atoms with Crippen LogP contribution in [-0.4, -0.2) is 47.6 Å². The number of carbonyl (C=O) groups excluding carboxylic acids is 2. The molecule has 7 heteroatoms. The third-order valence-electron chi connectivity index (χ3n) is 5.01. The number of fused-ring (bicyclic) bond motifs is 1. The van der Waals surface area contributed by atoms with Crippen molar-refractivity contribution in [2.45, 2.75) is 0 Å². The van der Waals surface area contributed by atoms with E-state index >= 15 is 0 Å². The minimum atomic E-state index is -0.394. The summed E-state index contributed by atoms with van der Waals surface area (Å²) in [6.07, 6.45) is 1.49. The summed E-state index contributed by atoms with van der Waals surface area (Å²) in [5.41, 5.74) is 0.513. The van der Waals surface area contributed by atoms with Gasteiger partial charge in [-0.05, 0) is 22.9 Å². The smallest absolute Gasteiger partial charge is 0.274 e. The molecule has 0 saturated carbocycles. The van der Waals surface area contributed by atoms with E-state index < -0.39 is 5.91 Å². The Kier molecular flexibility index (Phi) is 5.14. The van der Waals surface area contributed by atoms with Crippen molar-refractivity contribution < 1.29 is 14.3 Å². The van der Waals surface area contributed by atoms with Crippen LogP contribution in [0.15, 0.2) is 59.5 Å². The Hall–Kier alpha value is -3.45. The van der Waals surface area contributed by atoms with Gasteiger partial charge in [-0.2, -0.15) is 0 Å². The Balaban J connectivity index is 1.66. The van der Waals surface area contributed by atoms with Gasteiger partial charge in [0.2, 0.25) is 0 Å². The van der Waals surface area contributed by atoms with E-state index in [0.29, 0.717) is 37.4 Å². The standard InChI is InChI=1S/C22H21N3O4/c1-24-14-16(21(27)25-9-11-29-12-10-25)13-19(22(24)28)23-20(26)18-8-4-6-15-5-2-3-7-17(15)18/h2-8,13-14H,9-12H2,1H3,(H,23,26). The molecule has 1 N–H and O–H groups in total. The molecular weight excluding hydrogens is 370 g/mol. The molecule has 1 saturated heterocycles. The van der Waals surface area contributed by atoms with Gasteiger partial charge >= 0.3 is 0 Å². The molecule has 1 aliphatic rings. The van der Waals surface area contributed by atoms with Gasteiger partial charge < -0.3 is 19.5 Å². The van der Waals surface area contributed by atoms with Crippen LogP contribution < -0.4 is 10.9 Å². The van der Waals surface area contributed by atoms with E-state index in [1.807, 2.05) is 30.3 Å². The van der Waals surface area contributed by atoms with Crippen LogP contribution in [0.3, 0.4) is 0 Å². The maximum Gasteiger partial charge on any atom is 0.274 e. The van der Waals surface area contributed by atoms with Crippen LogP contribution in [0.5, 0.6) is 0 Å². The number of aryl methyl sites for hydroxylation is 1. The number of aromatic nitrogens is 1. The average molecular weight is 391 g/mol. The van der Waals surface area contributed by atoms with Gasteiger partial charge in [-0.15, -0.1) is 0 Å². The Morgan fingerprint density at radius 1 is 1.03 bits per heavy atom. The van der Waals surface area contributed by atoms with E-state index in [4.69, 9.17) is 4.74 Å². The Labute approximate surface area is 167 Å². The van der Waals surface area contributed by atoms with Gasteiger partial charge in [-0.3, -0.25) is 14.4 Å². The first-order valence-corrected chi connectivity index (χ1v) is 9.41. The van der Waals surface area contributed by atoms with Crippen LogP contribution in [0.1, 0.15) is 20.7 Å². The molecule has 0 unspecified atom stereocenters. The van der Waals surface area contributed by atoms with Gasteiger partial charge in [0.15, 0.2) is 0 Å². The zero-order valence-electron chi connectivity index (χ0n) is 16.1. The molecule has 2 heterocycles. The minimum absolute atomic E-state index is 0.0737. The Morgan fingerprint density at radius 3 is 2.55 bits per heavy atom. The maximum absolute atomic E-state index is 12.9. The highest BCUT2D eigenvalue weighted by atomic mass is 16.5. The van der Waals surface area contributed by atoms with Gasteiger partial charge in [0, 0.05) is 31.9 Å². The van der Waals surface area contributed by atoms with E-state index in [1.54, 1.807) is 24.1 Å². The van der Waals surface area contributed by atoms with Crippen molar-refractivity contribution in [3.8, 4) is 0 Å². The summed E-state index contributed by atoms with van der Waals surface area (Å²) in [5.74, 6) is -0.584. The first-order chi connectivity index (χ1) is 14.0. The van der Waals surface area contributed by atoms with Gasteiger partial charge in [-0.25, -0.2) is 0 Å². The van der Waals surface area contributed by atoms with E-state index in [2.05, 4.69) is 5.32 Å². The van der Waals surface area contributed by atoms with Gasteiger partial charge in [-0.1, -0.05) is 36.4 Å². The van der Waals surface area contributed by atoms with Crippen molar-refractivity contribution in [3.05, 3.63) is 76.2 Å². The lowest BCUT2D eigenvalue weighted by molar-refractivity contribution is 0.0302. The summed E-state index contributed by atoms with van der Waals surface area (Å²) < 4.78 is 6.59. The SMILES string of the molecule is Cn1cc(C(=O)N2CCOCC2)cc(NC(=O)c2cccc3ccccc23)c1=O. The molecule has 0 spiro atoms.